The summed E-state index contributed by atoms with van der Waals surface area (Å²) in [6.45, 7) is 0. The Labute approximate surface area is 259 Å². The second-order valence-corrected chi connectivity index (χ2v) is 11.8. The molecule has 45 heavy (non-hydrogen) atoms. The molecule has 0 saturated heterocycles. The Morgan fingerprint density at radius 1 is 0.444 bits per heavy atom. The molecule has 0 fully saturated rings. The number of para-hydroxylation sites is 1. The van der Waals surface area contributed by atoms with Gasteiger partial charge in [-0.3, -0.25) is 0 Å². The SMILES string of the molecule is C1=Cc2cccc3c2c2c4c1cccc4ccc2n3-c1ccc(-c2nc(-c3ccccc3)c3ccccc3n2)c2ccccc12. The number of fused-ring (bicyclic) bond motifs is 2. The van der Waals surface area contributed by atoms with Crippen molar-refractivity contribution in [3.05, 3.63) is 151 Å². The lowest BCUT2D eigenvalue weighted by Gasteiger charge is -2.16. The van der Waals surface area contributed by atoms with E-state index in [1.54, 1.807) is 0 Å². The average molecular weight is 572 g/mol. The third-order valence-electron chi connectivity index (χ3n) is 9.34. The van der Waals surface area contributed by atoms with E-state index in [9.17, 15) is 0 Å². The van der Waals surface area contributed by atoms with Crippen LogP contribution >= 0.6 is 0 Å². The largest absolute Gasteiger partial charge is 0.309 e. The molecule has 10 rings (SSSR count). The molecule has 0 spiro atoms. The lowest BCUT2D eigenvalue weighted by Crippen LogP contribution is -1.99. The van der Waals surface area contributed by atoms with Gasteiger partial charge in [0, 0.05) is 32.7 Å². The van der Waals surface area contributed by atoms with Crippen molar-refractivity contribution in [2.75, 3.05) is 0 Å². The zero-order chi connectivity index (χ0) is 29.5. The zero-order valence-corrected chi connectivity index (χ0v) is 24.3. The van der Waals surface area contributed by atoms with Crippen LogP contribution in [-0.2, 0) is 0 Å². The van der Waals surface area contributed by atoms with E-state index in [0.29, 0.717) is 0 Å². The van der Waals surface area contributed by atoms with Gasteiger partial charge in [0.25, 0.3) is 0 Å². The smallest absolute Gasteiger partial charge is 0.161 e. The van der Waals surface area contributed by atoms with E-state index in [2.05, 4.69) is 144 Å². The fourth-order valence-corrected chi connectivity index (χ4v) is 7.39. The van der Waals surface area contributed by atoms with Crippen LogP contribution in [0.2, 0.25) is 0 Å². The summed E-state index contributed by atoms with van der Waals surface area (Å²) in [6.07, 6.45) is 4.53. The topological polar surface area (TPSA) is 30.7 Å². The third-order valence-corrected chi connectivity index (χ3v) is 9.34. The van der Waals surface area contributed by atoms with Gasteiger partial charge in [-0.1, -0.05) is 121 Å². The Morgan fingerprint density at radius 2 is 1.16 bits per heavy atom. The minimum absolute atomic E-state index is 0.731. The molecule has 1 aliphatic carbocycles. The molecule has 0 atom stereocenters. The second-order valence-electron chi connectivity index (χ2n) is 11.8. The first kappa shape index (κ1) is 24.4. The fraction of sp³-hybridized carbons (Fsp3) is 0. The molecule has 7 aromatic carbocycles. The molecular weight excluding hydrogens is 546 g/mol. The predicted molar refractivity (Wildman–Crippen MR) is 189 cm³/mol. The quantitative estimate of drug-likeness (QED) is 0.211. The maximum Gasteiger partial charge on any atom is 0.161 e. The van der Waals surface area contributed by atoms with Crippen LogP contribution < -0.4 is 0 Å². The van der Waals surface area contributed by atoms with Crippen LogP contribution in [0.15, 0.2) is 140 Å². The minimum atomic E-state index is 0.731. The lowest BCUT2D eigenvalue weighted by molar-refractivity contribution is 1.19. The monoisotopic (exact) mass is 571 g/mol. The van der Waals surface area contributed by atoms with Gasteiger partial charge >= 0.3 is 0 Å². The van der Waals surface area contributed by atoms with E-state index < -0.39 is 0 Å². The van der Waals surface area contributed by atoms with Crippen molar-refractivity contribution in [1.82, 2.24) is 14.5 Å². The van der Waals surface area contributed by atoms with Crippen molar-refractivity contribution in [3.8, 4) is 28.3 Å². The molecule has 0 amide bonds. The van der Waals surface area contributed by atoms with Gasteiger partial charge < -0.3 is 4.57 Å². The highest BCUT2D eigenvalue weighted by Gasteiger charge is 2.22. The Bertz CT molecular complexity index is 2700. The first-order valence-corrected chi connectivity index (χ1v) is 15.4. The van der Waals surface area contributed by atoms with Crippen LogP contribution in [0.4, 0.5) is 0 Å². The van der Waals surface area contributed by atoms with Crippen molar-refractivity contribution in [2.45, 2.75) is 0 Å². The van der Waals surface area contributed by atoms with E-state index in [0.717, 1.165) is 44.6 Å². The maximum absolute atomic E-state index is 5.22. The summed E-state index contributed by atoms with van der Waals surface area (Å²) in [6, 6.07) is 49.7. The van der Waals surface area contributed by atoms with Crippen LogP contribution in [0, 0.1) is 0 Å². The summed E-state index contributed by atoms with van der Waals surface area (Å²) in [5.74, 6) is 0.731. The Morgan fingerprint density at radius 3 is 2.02 bits per heavy atom. The van der Waals surface area contributed by atoms with Gasteiger partial charge in [0.05, 0.1) is 27.9 Å². The van der Waals surface area contributed by atoms with Gasteiger partial charge in [-0.25, -0.2) is 9.97 Å². The Hall–Kier alpha value is -6.06. The number of hydrogen-bond donors (Lipinski definition) is 0. The van der Waals surface area contributed by atoms with Crippen LogP contribution in [0.25, 0.3) is 94.7 Å². The van der Waals surface area contributed by atoms with E-state index in [1.807, 2.05) is 12.1 Å². The summed E-state index contributed by atoms with van der Waals surface area (Å²) < 4.78 is 2.45. The number of nitrogens with zero attached hydrogens (tertiary/aromatic N) is 3. The highest BCUT2D eigenvalue weighted by atomic mass is 15.0. The summed E-state index contributed by atoms with van der Waals surface area (Å²) in [4.78, 5) is 10.3. The summed E-state index contributed by atoms with van der Waals surface area (Å²) >= 11 is 0. The molecule has 0 radical (unpaired) electrons. The average Bonchev–Trinajstić information content (AvgIpc) is 3.34. The molecule has 9 aromatic rings. The number of aromatic nitrogens is 3. The zero-order valence-electron chi connectivity index (χ0n) is 24.3. The molecule has 0 N–H and O–H groups in total. The molecular formula is C42H25N3. The van der Waals surface area contributed by atoms with Crippen LogP contribution in [0.1, 0.15) is 11.1 Å². The highest BCUT2D eigenvalue weighted by molar-refractivity contribution is 6.27. The third kappa shape index (κ3) is 3.46. The molecule has 0 bridgehead atoms. The van der Waals surface area contributed by atoms with Crippen molar-refractivity contribution in [3.63, 3.8) is 0 Å². The van der Waals surface area contributed by atoms with Crippen molar-refractivity contribution >= 4 is 66.4 Å². The summed E-state index contributed by atoms with van der Waals surface area (Å²) in [5, 5.41) is 8.55. The van der Waals surface area contributed by atoms with E-state index in [4.69, 9.17) is 9.97 Å². The summed E-state index contributed by atoms with van der Waals surface area (Å²) in [5.41, 5.74) is 10.1. The van der Waals surface area contributed by atoms with Crippen LogP contribution in [-0.4, -0.2) is 14.5 Å². The van der Waals surface area contributed by atoms with Gasteiger partial charge in [0.2, 0.25) is 0 Å². The van der Waals surface area contributed by atoms with Gasteiger partial charge in [-0.15, -0.1) is 0 Å². The molecule has 0 saturated carbocycles. The Balaban J connectivity index is 1.28. The van der Waals surface area contributed by atoms with Crippen molar-refractivity contribution < 1.29 is 0 Å². The van der Waals surface area contributed by atoms with E-state index in [1.165, 1.54) is 49.1 Å². The molecule has 2 aromatic heterocycles. The van der Waals surface area contributed by atoms with E-state index in [-0.39, 0.29) is 0 Å². The van der Waals surface area contributed by atoms with Gasteiger partial charge in [0.15, 0.2) is 5.82 Å². The Kier molecular flexibility index (Phi) is 5.00. The molecule has 0 aliphatic heterocycles. The number of hydrogen-bond acceptors (Lipinski definition) is 2. The first-order valence-electron chi connectivity index (χ1n) is 15.4. The minimum Gasteiger partial charge on any atom is -0.309 e. The highest BCUT2D eigenvalue weighted by Crippen LogP contribution is 2.44. The van der Waals surface area contributed by atoms with Crippen molar-refractivity contribution in [1.29, 1.82) is 0 Å². The molecule has 0 unspecified atom stereocenters. The molecule has 3 nitrogen and oxygen atoms in total. The summed E-state index contributed by atoms with van der Waals surface area (Å²) in [7, 11) is 0. The first-order chi connectivity index (χ1) is 22.3. The van der Waals surface area contributed by atoms with Crippen LogP contribution in [0.5, 0.6) is 0 Å². The van der Waals surface area contributed by atoms with Gasteiger partial charge in [0.1, 0.15) is 0 Å². The van der Waals surface area contributed by atoms with Gasteiger partial charge in [-0.05, 0) is 57.6 Å². The molecule has 3 heteroatoms. The lowest BCUT2D eigenvalue weighted by atomic mass is 9.99. The van der Waals surface area contributed by atoms with Gasteiger partial charge in [-0.2, -0.15) is 0 Å². The van der Waals surface area contributed by atoms with Crippen molar-refractivity contribution in [2.24, 2.45) is 0 Å². The maximum atomic E-state index is 5.22. The molecule has 1 aliphatic rings. The van der Waals surface area contributed by atoms with E-state index >= 15 is 0 Å². The number of rotatable bonds is 3. The molecule has 2 heterocycles. The standard InChI is InChI=1S/C42H25N3/c1-2-10-29(11-3-1)41-33-17-6-7-18-34(33)43-42(44-41)32-23-25-35(31-16-5-4-15-30(31)32)45-36-19-9-14-28-21-20-26-12-8-13-27-22-24-37(45)40(38(26)27)39(28)36/h1-25H. The predicted octanol–water partition coefficient (Wildman–Crippen LogP) is 10.9. The second kappa shape index (κ2) is 9.22. The normalized spacial score (nSPS) is 12.4. The fourth-order valence-electron chi connectivity index (χ4n) is 7.39. The molecule has 208 valence electrons. The van der Waals surface area contributed by atoms with Crippen LogP contribution in [0.3, 0.4) is 0 Å². The number of benzene rings is 7.